The van der Waals surface area contributed by atoms with Gasteiger partial charge in [0.25, 0.3) is 0 Å². The minimum atomic E-state index is -0.509. The molecule has 0 saturated carbocycles. The number of methoxy groups -OCH3 is 3. The number of carbonyl (C=O) groups excluding carboxylic acids is 1. The molecular weight excluding hydrogens is 402 g/mol. The summed E-state index contributed by atoms with van der Waals surface area (Å²) in [5.41, 5.74) is 3.31. The molecule has 0 amide bonds. The van der Waals surface area contributed by atoms with Crippen LogP contribution in [-0.4, -0.2) is 59.2 Å². The summed E-state index contributed by atoms with van der Waals surface area (Å²) < 4.78 is 34.7. The summed E-state index contributed by atoms with van der Waals surface area (Å²) in [6.07, 6.45) is 0.344. The largest absolute Gasteiger partial charge is 0.493 e. The van der Waals surface area contributed by atoms with Crippen LogP contribution in [-0.2, 0) is 11.2 Å². The number of fused-ring (bicyclic) bond motifs is 3. The van der Waals surface area contributed by atoms with Gasteiger partial charge in [-0.3, -0.25) is 0 Å². The van der Waals surface area contributed by atoms with E-state index in [9.17, 15) is 4.79 Å². The number of quaternary nitrogens is 1. The summed E-state index contributed by atoms with van der Waals surface area (Å²) in [5.74, 6) is 2.42. The summed E-state index contributed by atoms with van der Waals surface area (Å²) in [6, 6.07) is 5.53. The number of ether oxygens (including phenoxy) is 6. The van der Waals surface area contributed by atoms with Gasteiger partial charge in [0.1, 0.15) is 5.56 Å². The fourth-order valence-corrected chi connectivity index (χ4v) is 5.09. The Morgan fingerprint density at radius 2 is 1.81 bits per heavy atom. The van der Waals surface area contributed by atoms with Crippen molar-refractivity contribution in [1.82, 2.24) is 0 Å². The molecule has 2 atom stereocenters. The number of esters is 1. The molecule has 0 fully saturated rings. The number of hydrogen-bond acceptors (Lipinski definition) is 7. The lowest BCUT2D eigenvalue weighted by Gasteiger charge is -2.45. The van der Waals surface area contributed by atoms with E-state index in [0.29, 0.717) is 38.8 Å². The highest BCUT2D eigenvalue weighted by Gasteiger charge is 2.51. The van der Waals surface area contributed by atoms with E-state index in [2.05, 4.69) is 14.1 Å². The third kappa shape index (κ3) is 2.74. The minimum Gasteiger partial charge on any atom is -0.493 e. The van der Waals surface area contributed by atoms with Gasteiger partial charge < -0.3 is 32.9 Å². The Kier molecular flexibility index (Phi) is 4.44. The number of hydrogen-bond donors (Lipinski definition) is 0. The van der Waals surface area contributed by atoms with E-state index in [1.807, 2.05) is 18.2 Å². The highest BCUT2D eigenvalue weighted by Crippen LogP contribution is 2.56. The number of rotatable bonds is 4. The molecule has 0 aromatic heterocycles. The molecule has 3 aliphatic heterocycles. The van der Waals surface area contributed by atoms with E-state index in [0.717, 1.165) is 29.7 Å². The molecule has 8 nitrogen and oxygen atoms in total. The fraction of sp³-hybridized carbons (Fsp3) is 0.435. The van der Waals surface area contributed by atoms with Gasteiger partial charge in [0.15, 0.2) is 35.1 Å². The van der Waals surface area contributed by atoms with Crippen LogP contribution in [0.1, 0.15) is 39.2 Å². The van der Waals surface area contributed by atoms with Gasteiger partial charge in [-0.25, -0.2) is 4.79 Å². The van der Waals surface area contributed by atoms with Crippen LogP contribution in [0.2, 0.25) is 0 Å². The Labute approximate surface area is 180 Å². The quantitative estimate of drug-likeness (QED) is 0.548. The van der Waals surface area contributed by atoms with E-state index in [1.54, 1.807) is 14.2 Å². The second kappa shape index (κ2) is 6.95. The first-order valence-corrected chi connectivity index (χ1v) is 10.2. The molecule has 164 valence electrons. The second-order valence-electron chi connectivity index (χ2n) is 8.50. The molecule has 0 radical (unpaired) electrons. The van der Waals surface area contributed by atoms with Gasteiger partial charge in [0.05, 0.1) is 47.5 Å². The third-order valence-electron chi connectivity index (χ3n) is 6.56. The zero-order valence-corrected chi connectivity index (χ0v) is 18.3. The molecule has 0 aliphatic carbocycles. The van der Waals surface area contributed by atoms with E-state index in [4.69, 9.17) is 28.4 Å². The first kappa shape index (κ1) is 19.8. The van der Waals surface area contributed by atoms with Crippen molar-refractivity contribution in [3.05, 3.63) is 40.5 Å². The molecule has 5 rings (SSSR count). The van der Waals surface area contributed by atoms with Crippen LogP contribution < -0.4 is 23.7 Å². The minimum absolute atomic E-state index is 0.162. The first-order chi connectivity index (χ1) is 14.9. The second-order valence-corrected chi connectivity index (χ2v) is 8.50. The highest BCUT2D eigenvalue weighted by molar-refractivity contribution is 5.98. The van der Waals surface area contributed by atoms with Gasteiger partial charge in [-0.15, -0.1) is 0 Å². The summed E-state index contributed by atoms with van der Waals surface area (Å²) in [6.45, 7) is 1.03. The summed E-state index contributed by atoms with van der Waals surface area (Å²) in [7, 11) is 8.99. The average Bonchev–Trinajstić information content (AvgIpc) is 3.35. The van der Waals surface area contributed by atoms with Gasteiger partial charge in [-0.05, 0) is 17.7 Å². The van der Waals surface area contributed by atoms with Crippen molar-refractivity contribution in [2.45, 2.75) is 18.6 Å². The molecule has 3 heterocycles. The average molecular weight is 428 g/mol. The van der Waals surface area contributed by atoms with Crippen molar-refractivity contribution in [2.75, 3.05) is 48.8 Å². The van der Waals surface area contributed by atoms with Crippen molar-refractivity contribution < 1.29 is 37.7 Å². The SMILES string of the molecule is COc1ccc2c(c1OC)C(=O)O[C@@H]2[C@H]1c2c(cc3c(c2OC)OCO3)CC[N+]1(C)C. The monoisotopic (exact) mass is 428 g/mol. The summed E-state index contributed by atoms with van der Waals surface area (Å²) >= 11 is 0. The van der Waals surface area contributed by atoms with Crippen LogP contribution in [0.15, 0.2) is 18.2 Å². The van der Waals surface area contributed by atoms with E-state index >= 15 is 0 Å². The molecule has 0 N–H and O–H groups in total. The maximum atomic E-state index is 13.0. The molecule has 0 spiro atoms. The predicted molar refractivity (Wildman–Crippen MR) is 110 cm³/mol. The fourth-order valence-electron chi connectivity index (χ4n) is 5.09. The first-order valence-electron chi connectivity index (χ1n) is 10.2. The van der Waals surface area contributed by atoms with Crippen LogP contribution in [0.4, 0.5) is 0 Å². The van der Waals surface area contributed by atoms with Crippen molar-refractivity contribution in [3.8, 4) is 28.7 Å². The topological polar surface area (TPSA) is 72.5 Å². The molecule has 3 aliphatic rings. The third-order valence-corrected chi connectivity index (χ3v) is 6.56. The number of likely N-dealkylation sites (N-methyl/N-ethyl adjacent to an activating group) is 1. The number of nitrogens with zero attached hydrogens (tertiary/aromatic N) is 1. The zero-order chi connectivity index (χ0) is 21.9. The van der Waals surface area contributed by atoms with Crippen molar-refractivity contribution in [3.63, 3.8) is 0 Å². The lowest BCUT2D eigenvalue weighted by molar-refractivity contribution is -0.927. The van der Waals surface area contributed by atoms with Gasteiger partial charge in [-0.2, -0.15) is 0 Å². The number of benzene rings is 2. The van der Waals surface area contributed by atoms with Crippen LogP contribution in [0, 0.1) is 0 Å². The lowest BCUT2D eigenvalue weighted by atomic mass is 9.84. The number of cyclic esters (lactones) is 1. The van der Waals surface area contributed by atoms with Crippen LogP contribution >= 0.6 is 0 Å². The molecular formula is C23H26NO7+. The normalized spacial score (nSPS) is 22.4. The van der Waals surface area contributed by atoms with Gasteiger partial charge in [0.2, 0.25) is 12.5 Å². The molecule has 0 saturated heterocycles. The smallest absolute Gasteiger partial charge is 0.343 e. The van der Waals surface area contributed by atoms with E-state index in [-0.39, 0.29) is 12.8 Å². The zero-order valence-electron chi connectivity index (χ0n) is 18.3. The summed E-state index contributed by atoms with van der Waals surface area (Å²) in [5, 5.41) is 0. The molecule has 0 bridgehead atoms. The van der Waals surface area contributed by atoms with Crippen LogP contribution in [0.3, 0.4) is 0 Å². The van der Waals surface area contributed by atoms with E-state index < -0.39 is 12.1 Å². The molecule has 2 aromatic carbocycles. The lowest BCUT2D eigenvalue weighted by Crippen LogP contribution is -2.50. The van der Waals surface area contributed by atoms with Crippen LogP contribution in [0.5, 0.6) is 28.7 Å². The Hall–Kier alpha value is -3.13. The molecule has 0 unspecified atom stereocenters. The highest BCUT2D eigenvalue weighted by atomic mass is 16.7. The maximum absolute atomic E-state index is 13.0. The van der Waals surface area contributed by atoms with Crippen molar-refractivity contribution >= 4 is 5.97 Å². The molecule has 31 heavy (non-hydrogen) atoms. The van der Waals surface area contributed by atoms with Crippen molar-refractivity contribution in [2.24, 2.45) is 0 Å². The summed E-state index contributed by atoms with van der Waals surface area (Å²) in [4.78, 5) is 13.0. The standard InChI is InChI=1S/C23H26NO7/c1-24(2)9-8-12-10-15-21(30-11-29-15)22(28-5)16(12)18(24)19-13-6-7-14(26-3)20(27-4)17(13)23(25)31-19/h6-7,10,18-19H,8-9,11H2,1-5H3/q+1/t18-,19+/m1/s1. The van der Waals surface area contributed by atoms with E-state index in [1.165, 1.54) is 7.11 Å². The predicted octanol–water partition coefficient (Wildman–Crippen LogP) is 3.03. The van der Waals surface area contributed by atoms with Gasteiger partial charge in [-0.1, -0.05) is 6.07 Å². The molecule has 2 aromatic rings. The van der Waals surface area contributed by atoms with Gasteiger partial charge in [0, 0.05) is 12.0 Å². The Balaban J connectivity index is 1.72. The Bertz CT molecular complexity index is 1080. The molecule has 8 heteroatoms. The van der Waals surface area contributed by atoms with Crippen molar-refractivity contribution in [1.29, 1.82) is 0 Å². The number of carbonyl (C=O) groups is 1. The maximum Gasteiger partial charge on any atom is 0.343 e. The Morgan fingerprint density at radius 3 is 2.52 bits per heavy atom. The van der Waals surface area contributed by atoms with Crippen LogP contribution in [0.25, 0.3) is 0 Å². The van der Waals surface area contributed by atoms with Gasteiger partial charge >= 0.3 is 5.97 Å². The Morgan fingerprint density at radius 1 is 1.03 bits per heavy atom.